The third-order valence-corrected chi connectivity index (χ3v) is 5.39. The Kier molecular flexibility index (Phi) is 5.54. The van der Waals surface area contributed by atoms with E-state index in [1.165, 1.54) is 11.3 Å². The van der Waals surface area contributed by atoms with Crippen molar-refractivity contribution in [2.45, 2.75) is 33.3 Å². The maximum Gasteiger partial charge on any atom is 0.252 e. The molecule has 0 aliphatic carbocycles. The Balaban J connectivity index is 1.71. The van der Waals surface area contributed by atoms with Crippen LogP contribution in [0, 0.1) is 0 Å². The van der Waals surface area contributed by atoms with E-state index in [1.807, 2.05) is 62.3 Å². The molecular formula is C21H24N6O2S. The molecule has 0 saturated heterocycles. The van der Waals surface area contributed by atoms with Crippen molar-refractivity contribution in [2.75, 3.05) is 6.54 Å². The maximum atomic E-state index is 12.0. The molecule has 0 atom stereocenters. The first-order valence-corrected chi connectivity index (χ1v) is 10.7. The first-order valence-electron chi connectivity index (χ1n) is 9.84. The molecule has 0 unspecified atom stereocenters. The van der Waals surface area contributed by atoms with Crippen molar-refractivity contribution in [3.8, 4) is 11.6 Å². The van der Waals surface area contributed by atoms with Crippen molar-refractivity contribution < 1.29 is 9.53 Å². The Bertz CT molecular complexity index is 1190. The molecule has 4 aromatic rings. The average molecular weight is 425 g/mol. The Morgan fingerprint density at radius 1 is 1.33 bits per heavy atom. The van der Waals surface area contributed by atoms with E-state index in [-0.39, 0.29) is 12.0 Å². The van der Waals surface area contributed by atoms with Gasteiger partial charge in [0.1, 0.15) is 11.3 Å². The third-order valence-electron chi connectivity index (χ3n) is 4.45. The summed E-state index contributed by atoms with van der Waals surface area (Å²) in [6.45, 7) is 6.46. The first-order chi connectivity index (χ1) is 14.4. The summed E-state index contributed by atoms with van der Waals surface area (Å²) in [6.07, 6.45) is 6.18. The Morgan fingerprint density at radius 2 is 2.17 bits per heavy atom. The fraction of sp³-hybridized carbons (Fsp3) is 0.333. The largest absolute Gasteiger partial charge is 0.473 e. The van der Waals surface area contributed by atoms with Gasteiger partial charge in [-0.2, -0.15) is 10.1 Å². The molecule has 0 aromatic carbocycles. The van der Waals surface area contributed by atoms with E-state index < -0.39 is 0 Å². The monoisotopic (exact) mass is 424 g/mol. The molecule has 1 N–H and O–H groups in total. The minimum Gasteiger partial charge on any atom is -0.473 e. The van der Waals surface area contributed by atoms with Crippen LogP contribution in [0.3, 0.4) is 0 Å². The number of ether oxygens (including phenoxy) is 1. The van der Waals surface area contributed by atoms with Crippen molar-refractivity contribution in [2.24, 2.45) is 7.05 Å². The number of nitrogens with zero attached hydrogens (tertiary/aromatic N) is 5. The molecule has 4 aromatic heterocycles. The average Bonchev–Trinajstić information content (AvgIpc) is 3.41. The minimum absolute atomic E-state index is 0.0284. The summed E-state index contributed by atoms with van der Waals surface area (Å²) in [5, 5.41) is 8.94. The van der Waals surface area contributed by atoms with Crippen LogP contribution in [0.5, 0.6) is 5.88 Å². The van der Waals surface area contributed by atoms with Gasteiger partial charge in [-0.05, 0) is 32.9 Å². The summed E-state index contributed by atoms with van der Waals surface area (Å²) in [5.41, 5.74) is 3.20. The number of amides is 1. The van der Waals surface area contributed by atoms with Crippen LogP contribution >= 0.6 is 11.3 Å². The molecule has 4 rings (SSSR count). The summed E-state index contributed by atoms with van der Waals surface area (Å²) in [5.74, 6) is 1.14. The number of carbonyl (C=O) groups is 1. The molecule has 0 spiro atoms. The van der Waals surface area contributed by atoms with Crippen molar-refractivity contribution >= 4 is 28.3 Å². The fourth-order valence-corrected chi connectivity index (χ4v) is 4.06. The topological polar surface area (TPSA) is 86.9 Å². The number of aryl methyl sites for hydroxylation is 1. The van der Waals surface area contributed by atoms with E-state index in [2.05, 4.69) is 10.4 Å². The summed E-state index contributed by atoms with van der Waals surface area (Å²) in [6, 6.07) is 3.85. The molecule has 1 amide bonds. The zero-order valence-corrected chi connectivity index (χ0v) is 18.2. The number of fused-ring (bicyclic) bond motifs is 1. The van der Waals surface area contributed by atoms with Crippen LogP contribution < -0.4 is 10.1 Å². The molecule has 8 nitrogen and oxygen atoms in total. The Labute approximate surface area is 178 Å². The highest BCUT2D eigenvalue weighted by atomic mass is 32.1. The highest BCUT2D eigenvalue weighted by Crippen LogP contribution is 2.28. The SMILES string of the molecule is CCNC(=O)c1csc(Cc2nc(OC(C)C)c3c(ccn3-c3cnn(C)c3)n2)c1. The van der Waals surface area contributed by atoms with Gasteiger partial charge in [-0.15, -0.1) is 11.3 Å². The molecule has 156 valence electrons. The van der Waals surface area contributed by atoms with Crippen LogP contribution in [0.4, 0.5) is 0 Å². The summed E-state index contributed by atoms with van der Waals surface area (Å²) in [4.78, 5) is 22.5. The van der Waals surface area contributed by atoms with E-state index in [4.69, 9.17) is 14.7 Å². The van der Waals surface area contributed by atoms with Crippen molar-refractivity contribution in [3.05, 3.63) is 52.4 Å². The zero-order chi connectivity index (χ0) is 21.3. The quantitative estimate of drug-likeness (QED) is 0.492. The van der Waals surface area contributed by atoms with Gasteiger partial charge >= 0.3 is 0 Å². The molecule has 0 saturated carbocycles. The van der Waals surface area contributed by atoms with Crippen LogP contribution in [0.2, 0.25) is 0 Å². The normalized spacial score (nSPS) is 11.4. The van der Waals surface area contributed by atoms with Crippen LogP contribution in [-0.2, 0) is 13.5 Å². The second-order valence-electron chi connectivity index (χ2n) is 7.24. The van der Waals surface area contributed by atoms with Gasteiger partial charge in [0.25, 0.3) is 5.91 Å². The summed E-state index contributed by atoms with van der Waals surface area (Å²) in [7, 11) is 1.88. The molecule has 0 fully saturated rings. The minimum atomic E-state index is -0.0613. The standard InChI is InChI=1S/C21H24N6O2S/c1-5-22-20(28)14-8-16(30-12-14)9-18-24-17-6-7-27(15-10-23-26(4)11-15)19(17)21(25-18)29-13(2)3/h6-8,10-13H,5,9H2,1-4H3,(H,22,28). The van der Waals surface area contributed by atoms with Gasteiger partial charge in [0.05, 0.1) is 29.1 Å². The van der Waals surface area contributed by atoms with E-state index >= 15 is 0 Å². The predicted molar refractivity (Wildman–Crippen MR) is 117 cm³/mol. The van der Waals surface area contributed by atoms with E-state index in [0.717, 1.165) is 21.6 Å². The zero-order valence-electron chi connectivity index (χ0n) is 17.4. The lowest BCUT2D eigenvalue weighted by Gasteiger charge is -2.13. The van der Waals surface area contributed by atoms with Crippen LogP contribution in [0.25, 0.3) is 16.7 Å². The number of hydrogen-bond acceptors (Lipinski definition) is 6. The van der Waals surface area contributed by atoms with Gasteiger partial charge in [0.15, 0.2) is 0 Å². The number of thiophene rings is 1. The Morgan fingerprint density at radius 3 is 2.87 bits per heavy atom. The fourth-order valence-electron chi connectivity index (χ4n) is 3.20. The van der Waals surface area contributed by atoms with Gasteiger partial charge in [-0.3, -0.25) is 9.48 Å². The van der Waals surface area contributed by atoms with Crippen molar-refractivity contribution in [1.82, 2.24) is 29.6 Å². The second kappa shape index (κ2) is 8.27. The van der Waals surface area contributed by atoms with Crippen LogP contribution in [0.1, 0.15) is 41.8 Å². The van der Waals surface area contributed by atoms with E-state index in [0.29, 0.717) is 30.2 Å². The van der Waals surface area contributed by atoms with Crippen LogP contribution in [0.15, 0.2) is 36.1 Å². The highest BCUT2D eigenvalue weighted by molar-refractivity contribution is 7.10. The molecule has 4 heterocycles. The third kappa shape index (κ3) is 4.06. The number of rotatable bonds is 7. The Hall–Kier alpha value is -3.20. The second-order valence-corrected chi connectivity index (χ2v) is 8.24. The van der Waals surface area contributed by atoms with E-state index in [9.17, 15) is 4.79 Å². The van der Waals surface area contributed by atoms with Crippen molar-refractivity contribution in [1.29, 1.82) is 0 Å². The number of nitrogens with one attached hydrogen (secondary N) is 1. The molecular weight excluding hydrogens is 400 g/mol. The van der Waals surface area contributed by atoms with Crippen molar-refractivity contribution in [3.63, 3.8) is 0 Å². The predicted octanol–water partition coefficient (Wildman–Crippen LogP) is 3.34. The molecule has 0 radical (unpaired) electrons. The number of hydrogen-bond donors (Lipinski definition) is 1. The summed E-state index contributed by atoms with van der Waals surface area (Å²) >= 11 is 1.53. The highest BCUT2D eigenvalue weighted by Gasteiger charge is 2.17. The molecule has 9 heteroatoms. The van der Waals surface area contributed by atoms with Gasteiger partial charge < -0.3 is 14.6 Å². The summed E-state index contributed by atoms with van der Waals surface area (Å²) < 4.78 is 9.79. The molecule has 0 aliphatic rings. The van der Waals surface area contributed by atoms with Crippen LogP contribution in [-0.4, -0.2) is 42.9 Å². The molecule has 0 aliphatic heterocycles. The van der Waals surface area contributed by atoms with Gasteiger partial charge in [-0.25, -0.2) is 4.98 Å². The lowest BCUT2D eigenvalue weighted by molar-refractivity contribution is 0.0956. The maximum absolute atomic E-state index is 12.0. The van der Waals surface area contributed by atoms with Gasteiger partial charge in [-0.1, -0.05) is 0 Å². The van der Waals surface area contributed by atoms with Gasteiger partial charge in [0, 0.05) is 42.7 Å². The first kappa shape index (κ1) is 20.1. The van der Waals surface area contributed by atoms with Gasteiger partial charge in [0.2, 0.25) is 5.88 Å². The number of aromatic nitrogens is 5. The molecule has 30 heavy (non-hydrogen) atoms. The molecule has 0 bridgehead atoms. The lowest BCUT2D eigenvalue weighted by atomic mass is 10.2. The lowest BCUT2D eigenvalue weighted by Crippen LogP contribution is -2.21. The number of carbonyl (C=O) groups excluding carboxylic acids is 1. The van der Waals surface area contributed by atoms with E-state index in [1.54, 1.807) is 10.9 Å². The smallest absolute Gasteiger partial charge is 0.252 e.